The third kappa shape index (κ3) is 10.1. The van der Waals surface area contributed by atoms with E-state index in [-0.39, 0.29) is 30.3 Å². The molecule has 2 N–H and O–H groups in total. The van der Waals surface area contributed by atoms with Crippen LogP contribution >= 0.6 is 0 Å². The van der Waals surface area contributed by atoms with Gasteiger partial charge >= 0.3 is 24.2 Å². The molecule has 0 aliphatic rings. The molecule has 3 atom stereocenters. The first-order valence-corrected chi connectivity index (χ1v) is 10.8. The maximum atomic E-state index is 12.4. The molecule has 0 fully saturated rings. The van der Waals surface area contributed by atoms with E-state index in [1.807, 2.05) is 13.8 Å². The molecule has 1 rings (SSSR count). The van der Waals surface area contributed by atoms with Crippen molar-refractivity contribution in [3.8, 4) is 11.5 Å². The molecule has 0 bridgehead atoms. The van der Waals surface area contributed by atoms with Crippen LogP contribution in [0.15, 0.2) is 18.2 Å². The van der Waals surface area contributed by atoms with Gasteiger partial charge in [0.1, 0.15) is 18.2 Å². The van der Waals surface area contributed by atoms with Gasteiger partial charge in [-0.2, -0.15) is 0 Å². The monoisotopic (exact) mass is 483 g/mol. The average Bonchev–Trinajstić information content (AvgIpc) is 2.78. The number of carbonyl (C=O) groups excluding carboxylic acids is 4. The van der Waals surface area contributed by atoms with E-state index in [9.17, 15) is 19.2 Å². The van der Waals surface area contributed by atoms with Crippen molar-refractivity contribution in [1.82, 2.24) is 0 Å². The Hall–Kier alpha value is -3.34. The number of methoxy groups -OCH3 is 2. The quantitative estimate of drug-likeness (QED) is 0.281. The predicted octanol–water partition coefficient (Wildman–Crippen LogP) is 3.15. The van der Waals surface area contributed by atoms with Crippen LogP contribution in [0.2, 0.25) is 0 Å². The molecule has 0 unspecified atom stereocenters. The molecule has 11 heteroatoms. The second kappa shape index (κ2) is 14.0. The van der Waals surface area contributed by atoms with Gasteiger partial charge in [0.2, 0.25) is 0 Å². The fraction of sp³-hybridized carbons (Fsp3) is 0.565. The number of ether oxygens (including phenoxy) is 6. The smallest absolute Gasteiger partial charge is 0.459 e. The molecule has 0 saturated heterocycles. The molecule has 0 saturated carbocycles. The minimum Gasteiger partial charge on any atom is -0.459 e. The largest absolute Gasteiger partial charge is 0.513 e. The minimum absolute atomic E-state index is 0.0180. The molecular weight excluding hydrogens is 450 g/mol. The molecule has 0 spiro atoms. The number of nitrogens with two attached hydrogens (primary N) is 1. The Labute approximate surface area is 198 Å². The summed E-state index contributed by atoms with van der Waals surface area (Å²) in [7, 11) is 2.24. The fourth-order valence-electron chi connectivity index (χ4n) is 2.58. The van der Waals surface area contributed by atoms with Gasteiger partial charge in [0.15, 0.2) is 11.5 Å². The van der Waals surface area contributed by atoms with Gasteiger partial charge in [-0.1, -0.05) is 19.9 Å². The van der Waals surface area contributed by atoms with E-state index in [1.165, 1.54) is 18.2 Å². The molecule has 0 aliphatic carbocycles. The number of hydrogen-bond donors (Lipinski definition) is 1. The average molecular weight is 484 g/mol. The number of benzene rings is 1. The lowest BCUT2D eigenvalue weighted by Gasteiger charge is -2.22. The van der Waals surface area contributed by atoms with Crippen LogP contribution in [0.25, 0.3) is 0 Å². The normalized spacial score (nSPS) is 13.3. The Bertz CT molecular complexity index is 854. The molecule has 0 radical (unpaired) electrons. The molecule has 0 aromatic heterocycles. The van der Waals surface area contributed by atoms with Gasteiger partial charge < -0.3 is 34.2 Å². The summed E-state index contributed by atoms with van der Waals surface area (Å²) in [5.41, 5.74) is 6.47. The van der Waals surface area contributed by atoms with E-state index in [4.69, 9.17) is 24.7 Å². The Morgan fingerprint density at radius 1 is 0.853 bits per heavy atom. The SMILES string of the molecule is COC(=O)Oc1ccc(C[C@H](N)C(=O)O[C@@H](C)[C@H](C)OC(=O)CCC(C)C)cc1OC(=O)OC. The summed E-state index contributed by atoms with van der Waals surface area (Å²) in [5.74, 6) is -0.927. The van der Waals surface area contributed by atoms with E-state index >= 15 is 0 Å². The van der Waals surface area contributed by atoms with Crippen LogP contribution in [0.5, 0.6) is 11.5 Å². The summed E-state index contributed by atoms with van der Waals surface area (Å²) in [5, 5.41) is 0. The van der Waals surface area contributed by atoms with Crippen molar-refractivity contribution in [2.45, 2.75) is 65.2 Å². The zero-order chi connectivity index (χ0) is 25.8. The summed E-state index contributed by atoms with van der Waals surface area (Å²) in [6.45, 7) is 7.25. The van der Waals surface area contributed by atoms with Crippen molar-refractivity contribution in [2.24, 2.45) is 11.7 Å². The van der Waals surface area contributed by atoms with E-state index < -0.39 is 36.5 Å². The van der Waals surface area contributed by atoms with Gasteiger partial charge in [0.05, 0.1) is 14.2 Å². The highest BCUT2D eigenvalue weighted by Crippen LogP contribution is 2.30. The van der Waals surface area contributed by atoms with Crippen molar-refractivity contribution < 1.29 is 47.6 Å². The Kier molecular flexibility index (Phi) is 11.8. The highest BCUT2D eigenvalue weighted by molar-refractivity contribution is 5.76. The lowest BCUT2D eigenvalue weighted by Crippen LogP contribution is -2.39. The molecule has 11 nitrogen and oxygen atoms in total. The molecule has 1 aromatic rings. The molecule has 0 amide bonds. The third-order valence-corrected chi connectivity index (χ3v) is 4.69. The molecule has 1 aromatic carbocycles. The lowest BCUT2D eigenvalue weighted by molar-refractivity contribution is -0.166. The lowest BCUT2D eigenvalue weighted by atomic mass is 10.1. The van der Waals surface area contributed by atoms with E-state index in [0.29, 0.717) is 17.9 Å². The summed E-state index contributed by atoms with van der Waals surface area (Å²) in [4.78, 5) is 47.3. The first-order chi connectivity index (χ1) is 16.0. The van der Waals surface area contributed by atoms with Crippen LogP contribution < -0.4 is 15.2 Å². The summed E-state index contributed by atoms with van der Waals surface area (Å²) in [6, 6.07) is 3.18. The number of rotatable bonds is 11. The van der Waals surface area contributed by atoms with E-state index in [1.54, 1.807) is 13.8 Å². The predicted molar refractivity (Wildman–Crippen MR) is 119 cm³/mol. The first kappa shape index (κ1) is 28.7. The van der Waals surface area contributed by atoms with Gasteiger partial charge in [-0.3, -0.25) is 9.59 Å². The summed E-state index contributed by atoms with van der Waals surface area (Å²) in [6.07, 6.45) is -2.41. The summed E-state index contributed by atoms with van der Waals surface area (Å²) < 4.78 is 29.5. The highest BCUT2D eigenvalue weighted by atomic mass is 16.7. The van der Waals surface area contributed by atoms with Crippen LogP contribution in [0.4, 0.5) is 9.59 Å². The van der Waals surface area contributed by atoms with Crippen molar-refractivity contribution in [1.29, 1.82) is 0 Å². The number of carbonyl (C=O) groups is 4. The van der Waals surface area contributed by atoms with Crippen LogP contribution in [0.1, 0.15) is 46.1 Å². The zero-order valence-corrected chi connectivity index (χ0v) is 20.3. The maximum Gasteiger partial charge on any atom is 0.513 e. The Morgan fingerprint density at radius 3 is 1.97 bits per heavy atom. The van der Waals surface area contributed by atoms with Gasteiger partial charge in [0, 0.05) is 6.42 Å². The highest BCUT2D eigenvalue weighted by Gasteiger charge is 2.25. The Morgan fingerprint density at radius 2 is 1.41 bits per heavy atom. The van der Waals surface area contributed by atoms with Gasteiger partial charge in [-0.05, 0) is 50.3 Å². The first-order valence-electron chi connectivity index (χ1n) is 10.8. The molecule has 0 heterocycles. The second-order valence-electron chi connectivity index (χ2n) is 7.97. The van der Waals surface area contributed by atoms with Crippen molar-refractivity contribution in [3.63, 3.8) is 0 Å². The third-order valence-electron chi connectivity index (χ3n) is 4.69. The number of esters is 2. The van der Waals surface area contributed by atoms with Crippen molar-refractivity contribution in [3.05, 3.63) is 23.8 Å². The molecule has 190 valence electrons. The van der Waals surface area contributed by atoms with E-state index in [0.717, 1.165) is 14.2 Å². The van der Waals surface area contributed by atoms with E-state index in [2.05, 4.69) is 9.47 Å². The van der Waals surface area contributed by atoms with Crippen LogP contribution in [-0.4, -0.2) is 56.7 Å². The van der Waals surface area contributed by atoms with Gasteiger partial charge in [0.25, 0.3) is 0 Å². The summed E-state index contributed by atoms with van der Waals surface area (Å²) >= 11 is 0. The van der Waals surface area contributed by atoms with Crippen LogP contribution in [0.3, 0.4) is 0 Å². The van der Waals surface area contributed by atoms with Crippen molar-refractivity contribution in [2.75, 3.05) is 14.2 Å². The topological polar surface area (TPSA) is 150 Å². The fourth-order valence-corrected chi connectivity index (χ4v) is 2.58. The Balaban J connectivity index is 2.77. The van der Waals surface area contributed by atoms with Gasteiger partial charge in [-0.15, -0.1) is 0 Å². The zero-order valence-electron chi connectivity index (χ0n) is 20.3. The minimum atomic E-state index is -1.07. The second-order valence-corrected chi connectivity index (χ2v) is 7.97. The van der Waals surface area contributed by atoms with Crippen molar-refractivity contribution >= 4 is 24.2 Å². The molecular formula is C23H33NO10. The standard InChI is InChI=1S/C23H33NO10/c1-13(2)7-10-20(25)31-14(3)15(4)32-21(26)17(24)11-16-8-9-18(33-22(27)29-5)19(12-16)34-23(28)30-6/h8-9,12-15,17H,7,10-11,24H2,1-6H3/t14-,15-,17-/m0/s1. The van der Waals surface area contributed by atoms with Crippen LogP contribution in [-0.2, 0) is 35.0 Å². The number of hydrogen-bond acceptors (Lipinski definition) is 11. The van der Waals surface area contributed by atoms with Crippen LogP contribution in [0, 0.1) is 5.92 Å². The molecule has 0 aliphatic heterocycles. The maximum absolute atomic E-state index is 12.4. The molecule has 34 heavy (non-hydrogen) atoms. The van der Waals surface area contributed by atoms with Gasteiger partial charge in [-0.25, -0.2) is 9.59 Å².